The number of nitrogens with zero attached hydrogens (tertiary/aromatic N) is 1. The molecule has 3 nitrogen and oxygen atoms in total. The molecule has 100 valence electrons. The number of hydrogen-bond donors (Lipinski definition) is 2. The molecule has 0 aromatic heterocycles. The molecule has 1 aliphatic rings. The first-order valence-electron chi connectivity index (χ1n) is 6.63. The summed E-state index contributed by atoms with van der Waals surface area (Å²) in [4.78, 5) is 2.11. The largest absolute Gasteiger partial charge is 0.393 e. The highest BCUT2D eigenvalue weighted by Crippen LogP contribution is 2.41. The van der Waals surface area contributed by atoms with Crippen LogP contribution in [0.5, 0.6) is 0 Å². The molecule has 1 saturated carbocycles. The molecule has 0 aliphatic heterocycles. The first-order chi connectivity index (χ1) is 8.52. The zero-order valence-corrected chi connectivity index (χ0v) is 11.2. The molecule has 3 heteroatoms. The second-order valence-corrected chi connectivity index (χ2v) is 5.68. The van der Waals surface area contributed by atoms with Crippen molar-refractivity contribution in [3.8, 4) is 0 Å². The fraction of sp³-hybridized carbons (Fsp3) is 0.600. The molecule has 0 bridgehead atoms. The van der Waals surface area contributed by atoms with Crippen LogP contribution in [0.4, 0.5) is 0 Å². The predicted octanol–water partition coefficient (Wildman–Crippen LogP) is 1.60. The van der Waals surface area contributed by atoms with Crippen LogP contribution in [-0.2, 0) is 5.60 Å². The fourth-order valence-corrected chi connectivity index (χ4v) is 3.02. The molecule has 1 aliphatic carbocycles. The zero-order valence-electron chi connectivity index (χ0n) is 11.2. The Bertz CT molecular complexity index is 379. The van der Waals surface area contributed by atoms with Crippen molar-refractivity contribution in [3.05, 3.63) is 35.9 Å². The van der Waals surface area contributed by atoms with Gasteiger partial charge >= 0.3 is 0 Å². The Kier molecular flexibility index (Phi) is 4.05. The molecule has 1 aromatic carbocycles. The Labute approximate surface area is 109 Å². The van der Waals surface area contributed by atoms with E-state index in [0.717, 1.165) is 24.9 Å². The lowest BCUT2D eigenvalue weighted by Gasteiger charge is -2.43. The van der Waals surface area contributed by atoms with Crippen LogP contribution in [0.3, 0.4) is 0 Å². The van der Waals surface area contributed by atoms with Crippen LogP contribution in [-0.4, -0.2) is 41.9 Å². The van der Waals surface area contributed by atoms with E-state index in [9.17, 15) is 10.2 Å². The van der Waals surface area contributed by atoms with Crippen LogP contribution in [0.15, 0.2) is 30.3 Å². The molecule has 0 saturated heterocycles. The van der Waals surface area contributed by atoms with Crippen LogP contribution < -0.4 is 0 Å². The molecule has 0 amide bonds. The van der Waals surface area contributed by atoms with Crippen LogP contribution >= 0.6 is 0 Å². The van der Waals surface area contributed by atoms with Gasteiger partial charge in [0.1, 0.15) is 0 Å². The summed E-state index contributed by atoms with van der Waals surface area (Å²) in [5.41, 5.74) is 0.0269. The molecule has 0 radical (unpaired) electrons. The monoisotopic (exact) mass is 249 g/mol. The van der Waals surface area contributed by atoms with Crippen LogP contribution in [0.25, 0.3) is 0 Å². The summed E-state index contributed by atoms with van der Waals surface area (Å²) >= 11 is 0. The molecule has 1 aromatic rings. The average Bonchev–Trinajstić information content (AvgIpc) is 2.34. The second-order valence-electron chi connectivity index (χ2n) is 5.68. The quantitative estimate of drug-likeness (QED) is 0.855. The van der Waals surface area contributed by atoms with Gasteiger partial charge in [-0.3, -0.25) is 0 Å². The van der Waals surface area contributed by atoms with Gasteiger partial charge in [-0.2, -0.15) is 0 Å². The van der Waals surface area contributed by atoms with Gasteiger partial charge in [0.2, 0.25) is 0 Å². The van der Waals surface area contributed by atoms with Gasteiger partial charge in [-0.15, -0.1) is 0 Å². The van der Waals surface area contributed by atoms with Crippen molar-refractivity contribution in [1.29, 1.82) is 0 Å². The lowest BCUT2D eigenvalue weighted by molar-refractivity contribution is -0.0991. The van der Waals surface area contributed by atoms with Crippen LogP contribution in [0.2, 0.25) is 0 Å². The van der Waals surface area contributed by atoms with Crippen molar-refractivity contribution in [2.75, 3.05) is 20.6 Å². The molecule has 1 fully saturated rings. The second kappa shape index (κ2) is 5.39. The van der Waals surface area contributed by atoms with E-state index in [0.29, 0.717) is 6.42 Å². The number of rotatable bonds is 3. The summed E-state index contributed by atoms with van der Waals surface area (Å²) in [5.74, 6) is 0.179. The van der Waals surface area contributed by atoms with Gasteiger partial charge in [0, 0.05) is 18.9 Å². The molecule has 3 atom stereocenters. The summed E-state index contributed by atoms with van der Waals surface area (Å²) in [6.45, 7) is 0.845. The highest BCUT2D eigenvalue weighted by molar-refractivity contribution is 5.24. The summed E-state index contributed by atoms with van der Waals surface area (Å²) in [6.07, 6.45) is 1.70. The molecule has 2 rings (SSSR count). The van der Waals surface area contributed by atoms with Crippen molar-refractivity contribution >= 4 is 0 Å². The first kappa shape index (κ1) is 13.5. The summed E-state index contributed by atoms with van der Waals surface area (Å²) < 4.78 is 0. The number of benzene rings is 1. The van der Waals surface area contributed by atoms with Crippen molar-refractivity contribution in [2.45, 2.75) is 31.0 Å². The number of aliphatic hydroxyl groups excluding tert-OH is 1. The van der Waals surface area contributed by atoms with E-state index in [4.69, 9.17) is 0 Å². The van der Waals surface area contributed by atoms with Gasteiger partial charge in [-0.25, -0.2) is 0 Å². The van der Waals surface area contributed by atoms with E-state index in [-0.39, 0.29) is 5.92 Å². The Balaban J connectivity index is 2.28. The maximum atomic E-state index is 11.0. The Morgan fingerprint density at radius 2 is 1.89 bits per heavy atom. The van der Waals surface area contributed by atoms with Gasteiger partial charge in [0.25, 0.3) is 0 Å². The Hall–Kier alpha value is -0.900. The predicted molar refractivity (Wildman–Crippen MR) is 72.2 cm³/mol. The molecule has 0 spiro atoms. The summed E-state index contributed by atoms with van der Waals surface area (Å²) in [5, 5.41) is 20.9. The number of hydrogen-bond acceptors (Lipinski definition) is 3. The summed E-state index contributed by atoms with van der Waals surface area (Å²) in [7, 11) is 4.05. The highest BCUT2D eigenvalue weighted by atomic mass is 16.3. The van der Waals surface area contributed by atoms with Crippen LogP contribution in [0.1, 0.15) is 24.8 Å². The van der Waals surface area contributed by atoms with E-state index >= 15 is 0 Å². The van der Waals surface area contributed by atoms with Crippen molar-refractivity contribution < 1.29 is 10.2 Å². The Morgan fingerprint density at radius 3 is 2.50 bits per heavy atom. The van der Waals surface area contributed by atoms with E-state index < -0.39 is 11.7 Å². The average molecular weight is 249 g/mol. The Morgan fingerprint density at radius 1 is 1.22 bits per heavy atom. The third-order valence-electron chi connectivity index (χ3n) is 3.93. The number of aliphatic hydroxyl groups is 2. The third kappa shape index (κ3) is 2.74. The molecule has 3 unspecified atom stereocenters. The van der Waals surface area contributed by atoms with Gasteiger partial charge in [-0.05, 0) is 32.5 Å². The lowest BCUT2D eigenvalue weighted by Crippen LogP contribution is -2.46. The van der Waals surface area contributed by atoms with Gasteiger partial charge in [0.05, 0.1) is 11.7 Å². The van der Waals surface area contributed by atoms with Gasteiger partial charge in [-0.1, -0.05) is 30.3 Å². The normalized spacial score (nSPS) is 32.7. The molecule has 18 heavy (non-hydrogen) atoms. The first-order valence-corrected chi connectivity index (χ1v) is 6.63. The zero-order chi connectivity index (χ0) is 13.2. The van der Waals surface area contributed by atoms with E-state index in [1.54, 1.807) is 0 Å². The topological polar surface area (TPSA) is 43.7 Å². The fourth-order valence-electron chi connectivity index (χ4n) is 3.02. The smallest absolute Gasteiger partial charge is 0.0961 e. The molecular formula is C15H23NO2. The van der Waals surface area contributed by atoms with Gasteiger partial charge in [0.15, 0.2) is 0 Å². The standard InChI is InChI=1S/C15H23NO2/c1-16(2)11-13-8-9-14(17)10-15(13,18)12-6-4-3-5-7-12/h3-7,13-14,17-18H,8-11H2,1-2H3. The minimum Gasteiger partial charge on any atom is -0.393 e. The highest BCUT2D eigenvalue weighted by Gasteiger charge is 2.43. The van der Waals surface area contributed by atoms with Gasteiger partial charge < -0.3 is 15.1 Å². The lowest BCUT2D eigenvalue weighted by atomic mass is 9.70. The van der Waals surface area contributed by atoms with Crippen molar-refractivity contribution in [1.82, 2.24) is 4.90 Å². The van der Waals surface area contributed by atoms with E-state index in [1.165, 1.54) is 0 Å². The van der Waals surface area contributed by atoms with E-state index in [1.807, 2.05) is 44.4 Å². The van der Waals surface area contributed by atoms with Crippen molar-refractivity contribution in [2.24, 2.45) is 5.92 Å². The SMILES string of the molecule is CN(C)CC1CCC(O)CC1(O)c1ccccc1. The maximum Gasteiger partial charge on any atom is 0.0961 e. The minimum absolute atomic E-state index is 0.179. The minimum atomic E-state index is -0.900. The van der Waals surface area contributed by atoms with E-state index in [2.05, 4.69) is 4.90 Å². The van der Waals surface area contributed by atoms with Crippen molar-refractivity contribution in [3.63, 3.8) is 0 Å². The molecule has 2 N–H and O–H groups in total. The third-order valence-corrected chi connectivity index (χ3v) is 3.93. The molecule has 0 heterocycles. The molecular weight excluding hydrogens is 226 g/mol. The van der Waals surface area contributed by atoms with Crippen LogP contribution in [0, 0.1) is 5.92 Å². The summed E-state index contributed by atoms with van der Waals surface area (Å²) in [6, 6.07) is 9.76. The maximum absolute atomic E-state index is 11.0.